The van der Waals surface area contributed by atoms with Gasteiger partial charge in [-0.05, 0) is 277 Å². The van der Waals surface area contributed by atoms with Gasteiger partial charge in [0.25, 0.3) is 0 Å². The van der Waals surface area contributed by atoms with Crippen molar-refractivity contribution in [1.29, 1.82) is 0 Å². The number of hydrogen-bond donors (Lipinski definition) is 0. The Labute approximate surface area is 685 Å². The maximum absolute atomic E-state index is 15.8. The summed E-state index contributed by atoms with van der Waals surface area (Å²) < 4.78 is 44.7. The number of anilines is 6. The van der Waals surface area contributed by atoms with Crippen molar-refractivity contribution in [3.63, 3.8) is 0 Å². The average molecular weight is 1530 g/mol. The molecule has 1 aliphatic heterocycles. The first kappa shape index (κ1) is 73.5. The highest BCUT2D eigenvalue weighted by Gasteiger charge is 2.51. The first-order chi connectivity index (χ1) is 56.9. The second kappa shape index (κ2) is 29.0. The van der Waals surface area contributed by atoms with E-state index in [1.807, 2.05) is 84.9 Å². The van der Waals surface area contributed by atoms with Crippen LogP contribution in [0.5, 0.6) is 23.0 Å². The van der Waals surface area contributed by atoms with Crippen molar-refractivity contribution in [2.24, 2.45) is 0 Å². The average Bonchev–Trinajstić information content (AvgIpc) is 1.55. The van der Waals surface area contributed by atoms with Gasteiger partial charge in [0.2, 0.25) is 0 Å². The number of fused-ring (bicyclic) bond motifs is 9. The van der Waals surface area contributed by atoms with Crippen LogP contribution in [0.4, 0.5) is 42.9 Å². The Bertz CT molecular complexity index is 6080. The highest BCUT2D eigenvalue weighted by atomic mass is 28.3. The Balaban J connectivity index is 0.811. The molecule has 0 amide bonds. The molecule has 0 radical (unpaired) electrons. The molecule has 16 aromatic carbocycles. The Kier molecular flexibility index (Phi) is 18.2. The summed E-state index contributed by atoms with van der Waals surface area (Å²) in [4.78, 5) is 4.61. The first-order valence-corrected chi connectivity index (χ1v) is 42.2. The molecule has 16 aromatic rings. The molecular weight excluding hydrogens is 1450 g/mol. The van der Waals surface area contributed by atoms with Gasteiger partial charge in [0.1, 0.15) is 34.6 Å². The lowest BCUT2D eigenvalue weighted by Crippen LogP contribution is -2.72. The van der Waals surface area contributed by atoms with E-state index in [0.717, 1.165) is 135 Å². The molecular formula is C110H86F2N2O2Si. The van der Waals surface area contributed by atoms with E-state index in [0.29, 0.717) is 0 Å². The molecule has 0 bridgehead atoms. The van der Waals surface area contributed by atoms with E-state index in [2.05, 4.69) is 344 Å². The van der Waals surface area contributed by atoms with Crippen LogP contribution in [-0.4, -0.2) is 8.07 Å². The molecule has 0 fully saturated rings. The number of nitrogens with zero attached hydrogens (tertiary/aromatic N) is 2. The molecule has 0 aromatic heterocycles. The topological polar surface area (TPSA) is 24.9 Å². The Morgan fingerprint density at radius 3 is 0.915 bits per heavy atom. The van der Waals surface area contributed by atoms with Crippen LogP contribution in [0.15, 0.2) is 389 Å². The predicted molar refractivity (Wildman–Crippen MR) is 484 cm³/mol. The molecule has 2 unspecified atom stereocenters. The molecule has 117 heavy (non-hydrogen) atoms. The minimum Gasteiger partial charge on any atom is -0.457 e. The van der Waals surface area contributed by atoms with E-state index in [-0.39, 0.29) is 22.5 Å². The number of benzene rings is 16. The molecule has 1 heterocycles. The molecule has 0 spiro atoms. The van der Waals surface area contributed by atoms with E-state index >= 15 is 8.78 Å². The summed E-state index contributed by atoms with van der Waals surface area (Å²) in [6, 6.07) is 133. The molecule has 0 saturated carbocycles. The van der Waals surface area contributed by atoms with Crippen molar-refractivity contribution in [3.05, 3.63) is 468 Å². The largest absolute Gasteiger partial charge is 0.457 e. The van der Waals surface area contributed by atoms with Crippen molar-refractivity contribution < 1.29 is 18.3 Å². The normalized spacial score (nSPS) is 15.2. The summed E-state index contributed by atoms with van der Waals surface area (Å²) in [7, 11) is -3.22. The van der Waals surface area contributed by atoms with Crippen LogP contribution >= 0.6 is 0 Å². The summed E-state index contributed by atoms with van der Waals surface area (Å²) in [6.45, 7) is 21.5. The van der Waals surface area contributed by atoms with Crippen molar-refractivity contribution in [2.45, 2.75) is 63.2 Å². The molecule has 2 atom stereocenters. The minimum absolute atomic E-state index is 0.0936. The maximum atomic E-state index is 15.8. The molecule has 0 saturated heterocycles. The SMILES string of the molecule is C=Cc1ccc(Oc2ccc(C3(c4ccc(C(C)(C)C)cc4)c4ccccc4-c4ccc(N(c5ccc(F)cc5)c5ccc6c(c5)-c5cc(N(c7ccc(F)cc7)c7ccc8c(c7)C(c7ccc(Oc9ccc(C=C)cc9)cc7)(c7ccc(C(C)(C)C)cc7)c7ccccc7-8)ccc5[Si]6(c5ccccc5)c5ccccc5)cc43)cc2)cc1. The van der Waals surface area contributed by atoms with Gasteiger partial charge in [-0.3, -0.25) is 0 Å². The molecule has 0 N–H and O–H groups in total. The zero-order chi connectivity index (χ0) is 80.0. The molecule has 2 aliphatic carbocycles. The standard InChI is InChI=1S/C110H86F2N2O2Si/c1-9-73-29-57-89(58-30-73)115-91-61-41-79(42-62-91)109(77-37-33-75(34-38-77)107(3,4)5)101-27-19-17-25-95(101)97-65-53-87(71-103(97)109)113(83-49-45-81(111)46-50-83)85-55-67-105-99(69-85)100-70-86(56-68-106(100)117(105,93-21-13-11-14-22-93)94-23-15-12-16-24-94)114(84-51-47-82(112)48-52-84)88-54-66-98-96-26-18-20-28-102(96)110(104(98)72-88,78-39-35-76(36-40-78)108(6,7)8)80-43-63-92(64-44-80)116-90-59-31-74(10-2)32-60-90/h9-72H,1-2H2,3-8H3. The van der Waals surface area contributed by atoms with Gasteiger partial charge in [-0.25, -0.2) is 8.78 Å². The molecule has 7 heteroatoms. The Hall–Kier alpha value is -13.7. The lowest BCUT2D eigenvalue weighted by atomic mass is 9.67. The van der Waals surface area contributed by atoms with E-state index in [1.165, 1.54) is 43.0 Å². The summed E-state index contributed by atoms with van der Waals surface area (Å²) in [5.41, 5.74) is 23.5. The van der Waals surface area contributed by atoms with E-state index in [1.54, 1.807) is 24.3 Å². The fourth-order valence-corrected chi connectivity index (χ4v) is 24.0. The lowest BCUT2D eigenvalue weighted by Gasteiger charge is -2.35. The van der Waals surface area contributed by atoms with Crippen molar-refractivity contribution in [2.75, 3.05) is 9.80 Å². The quantitative estimate of drug-likeness (QED) is 0.0800. The van der Waals surface area contributed by atoms with Gasteiger partial charge in [-0.2, -0.15) is 0 Å². The fraction of sp³-hybridized carbons (Fsp3) is 0.0909. The Morgan fingerprint density at radius 1 is 0.282 bits per heavy atom. The monoisotopic (exact) mass is 1530 g/mol. The van der Waals surface area contributed by atoms with Gasteiger partial charge in [-0.1, -0.05) is 297 Å². The predicted octanol–water partition coefficient (Wildman–Crippen LogP) is 26.5. The second-order valence-corrected chi connectivity index (χ2v) is 36.8. The zero-order valence-corrected chi connectivity index (χ0v) is 67.3. The van der Waals surface area contributed by atoms with Gasteiger partial charge < -0.3 is 19.3 Å². The van der Waals surface area contributed by atoms with E-state index < -0.39 is 18.9 Å². The second-order valence-electron chi connectivity index (χ2n) is 33.1. The van der Waals surface area contributed by atoms with Crippen LogP contribution in [-0.2, 0) is 21.7 Å². The van der Waals surface area contributed by atoms with Gasteiger partial charge in [0, 0.05) is 34.1 Å². The highest BCUT2D eigenvalue weighted by molar-refractivity contribution is 7.22. The number of ether oxygens (including phenoxy) is 2. The summed E-state index contributed by atoms with van der Waals surface area (Å²) in [6.07, 6.45) is 3.67. The van der Waals surface area contributed by atoms with Crippen molar-refractivity contribution in [3.8, 4) is 56.4 Å². The fourth-order valence-electron chi connectivity index (χ4n) is 18.8. The van der Waals surface area contributed by atoms with Gasteiger partial charge in [0.15, 0.2) is 8.07 Å². The summed E-state index contributed by atoms with van der Waals surface area (Å²) in [5.74, 6) is 2.25. The smallest absolute Gasteiger partial charge is 0.180 e. The Morgan fingerprint density at radius 2 is 0.573 bits per heavy atom. The summed E-state index contributed by atoms with van der Waals surface area (Å²) in [5, 5.41) is 4.99. The van der Waals surface area contributed by atoms with Crippen LogP contribution in [0.1, 0.15) is 108 Å². The van der Waals surface area contributed by atoms with Crippen LogP contribution in [0.3, 0.4) is 0 Å². The molecule has 4 nitrogen and oxygen atoms in total. The first-order valence-electron chi connectivity index (χ1n) is 40.2. The number of halogens is 2. The van der Waals surface area contributed by atoms with Gasteiger partial charge in [-0.15, -0.1) is 0 Å². The van der Waals surface area contributed by atoms with E-state index in [4.69, 9.17) is 9.47 Å². The van der Waals surface area contributed by atoms with Crippen molar-refractivity contribution >= 4 is 75.1 Å². The molecule has 3 aliphatic rings. The lowest BCUT2D eigenvalue weighted by molar-refractivity contribution is 0.482. The third-order valence-corrected chi connectivity index (χ3v) is 29.3. The third-order valence-electron chi connectivity index (χ3n) is 24.4. The van der Waals surface area contributed by atoms with E-state index in [9.17, 15) is 0 Å². The van der Waals surface area contributed by atoms with Gasteiger partial charge >= 0.3 is 0 Å². The van der Waals surface area contributed by atoms with Gasteiger partial charge in [0.05, 0.1) is 10.8 Å². The highest BCUT2D eigenvalue weighted by Crippen LogP contribution is 2.60. The third kappa shape index (κ3) is 12.4. The van der Waals surface area contributed by atoms with Crippen LogP contribution in [0.2, 0.25) is 0 Å². The zero-order valence-electron chi connectivity index (χ0n) is 66.3. The van der Waals surface area contributed by atoms with Crippen molar-refractivity contribution in [1.82, 2.24) is 0 Å². The summed E-state index contributed by atoms with van der Waals surface area (Å²) >= 11 is 0. The van der Waals surface area contributed by atoms with Crippen LogP contribution < -0.4 is 40.0 Å². The number of hydrogen-bond acceptors (Lipinski definition) is 4. The maximum Gasteiger partial charge on any atom is 0.180 e. The number of rotatable bonds is 18. The molecule has 19 rings (SSSR count). The van der Waals surface area contributed by atoms with Crippen LogP contribution in [0.25, 0.3) is 45.5 Å². The van der Waals surface area contributed by atoms with Crippen LogP contribution in [0, 0.1) is 11.6 Å². The minimum atomic E-state index is -3.22. The molecule has 566 valence electrons.